The minimum absolute atomic E-state index is 0. The highest BCUT2D eigenvalue weighted by atomic mass is 32.2. The van der Waals surface area contributed by atoms with E-state index in [1.165, 1.54) is 0 Å². The summed E-state index contributed by atoms with van der Waals surface area (Å²) in [5.74, 6) is -0.101. The van der Waals surface area contributed by atoms with Crippen molar-refractivity contribution in [2.24, 2.45) is 16.7 Å². The van der Waals surface area contributed by atoms with Gasteiger partial charge in [-0.2, -0.15) is 8.42 Å². The molecule has 2 saturated carbocycles. The molecule has 0 heterocycles. The Kier molecular flexibility index (Phi) is 2.99. The van der Waals surface area contributed by atoms with Crippen LogP contribution < -0.4 is 6.15 Å². The Labute approximate surface area is 95.9 Å². The summed E-state index contributed by atoms with van der Waals surface area (Å²) in [6.07, 6.45) is 1.97. The second kappa shape index (κ2) is 3.51. The zero-order valence-electron chi connectivity index (χ0n) is 9.69. The van der Waals surface area contributed by atoms with Crippen molar-refractivity contribution >= 4 is 15.9 Å². The summed E-state index contributed by atoms with van der Waals surface area (Å²) in [6, 6.07) is 0. The second-order valence-corrected chi connectivity index (χ2v) is 6.85. The van der Waals surface area contributed by atoms with E-state index in [0.29, 0.717) is 12.8 Å². The maximum atomic E-state index is 11.9. The summed E-state index contributed by atoms with van der Waals surface area (Å²) >= 11 is 0. The van der Waals surface area contributed by atoms with Crippen molar-refractivity contribution in [2.75, 3.05) is 5.75 Å². The summed E-state index contributed by atoms with van der Waals surface area (Å²) in [6.45, 7) is 3.89. The molecule has 4 N–H and O–H groups in total. The molecule has 2 aliphatic rings. The van der Waals surface area contributed by atoms with Gasteiger partial charge in [-0.1, -0.05) is 13.8 Å². The number of hydrogen-bond donors (Lipinski definition) is 2. The summed E-state index contributed by atoms with van der Waals surface area (Å²) < 4.78 is 31.0. The highest BCUT2D eigenvalue weighted by Gasteiger charge is 2.65. The maximum absolute atomic E-state index is 11.9. The van der Waals surface area contributed by atoms with Gasteiger partial charge in [0.2, 0.25) is 0 Å². The lowest BCUT2D eigenvalue weighted by Crippen LogP contribution is -2.42. The molecule has 0 amide bonds. The molecule has 0 aromatic rings. The van der Waals surface area contributed by atoms with E-state index in [1.807, 2.05) is 13.8 Å². The molecule has 0 spiro atoms. The largest absolute Gasteiger partial charge is 0.344 e. The third kappa shape index (κ3) is 1.59. The van der Waals surface area contributed by atoms with Crippen LogP contribution in [0.2, 0.25) is 0 Å². The number of carbonyl (C=O) groups is 1. The van der Waals surface area contributed by atoms with Crippen LogP contribution in [-0.4, -0.2) is 24.5 Å². The van der Waals surface area contributed by atoms with E-state index < -0.39 is 21.3 Å². The smallest absolute Gasteiger partial charge is 0.265 e. The fourth-order valence-corrected chi connectivity index (χ4v) is 4.72. The summed E-state index contributed by atoms with van der Waals surface area (Å²) in [7, 11) is -4.08. The fourth-order valence-electron chi connectivity index (χ4n) is 3.42. The number of ketones is 1. The Balaban J connectivity index is 0.00000128. The van der Waals surface area contributed by atoms with Crippen LogP contribution in [-0.2, 0) is 14.9 Å². The van der Waals surface area contributed by atoms with Gasteiger partial charge in [-0.05, 0) is 24.2 Å². The van der Waals surface area contributed by atoms with E-state index in [4.69, 9.17) is 4.55 Å². The van der Waals surface area contributed by atoms with Gasteiger partial charge < -0.3 is 6.15 Å². The second-order valence-electron chi connectivity index (χ2n) is 5.39. The average Bonchev–Trinajstić information content (AvgIpc) is 2.34. The van der Waals surface area contributed by atoms with E-state index in [-0.39, 0.29) is 23.3 Å². The fraction of sp³-hybridized carbons (Fsp3) is 0.900. The average molecular weight is 249 g/mol. The zero-order valence-corrected chi connectivity index (χ0v) is 10.5. The molecule has 16 heavy (non-hydrogen) atoms. The molecule has 0 unspecified atom stereocenters. The molecule has 0 aromatic heterocycles. The number of rotatable bonds is 2. The third-order valence-electron chi connectivity index (χ3n) is 4.57. The molecule has 2 fully saturated rings. The Hall–Kier alpha value is -0.460. The predicted molar refractivity (Wildman–Crippen MR) is 60.0 cm³/mol. The van der Waals surface area contributed by atoms with Crippen molar-refractivity contribution in [3.8, 4) is 0 Å². The van der Waals surface area contributed by atoms with Crippen LogP contribution in [0.3, 0.4) is 0 Å². The van der Waals surface area contributed by atoms with Crippen LogP contribution in [0.15, 0.2) is 0 Å². The van der Waals surface area contributed by atoms with Crippen LogP contribution >= 0.6 is 0 Å². The number of carbonyl (C=O) groups excluding carboxylic acids is 1. The topological polar surface area (TPSA) is 106 Å². The van der Waals surface area contributed by atoms with Crippen molar-refractivity contribution in [3.05, 3.63) is 0 Å². The SMILES string of the molecule is CC1(C)[C@@H]2CC[C@@]1(CS(=O)(=O)O)C(=O)C2.N. The molecule has 0 aromatic carbocycles. The van der Waals surface area contributed by atoms with Gasteiger partial charge in [-0.25, -0.2) is 0 Å². The van der Waals surface area contributed by atoms with E-state index in [0.717, 1.165) is 6.42 Å². The molecule has 2 atom stereocenters. The molecular formula is C10H19NO4S. The van der Waals surface area contributed by atoms with Gasteiger partial charge in [0.15, 0.2) is 0 Å². The number of Topliss-reactive ketones (excluding diaryl/α,β-unsaturated/α-hetero) is 1. The standard InChI is InChI=1S/C10H16O4S.H3N/c1-9(2)7-3-4-10(9,8(11)5-7)6-15(12,13)14;/h7H,3-6H2,1-2H3,(H,12,13,14);1H3/t7-,10-;/m1./s1. The van der Waals surface area contributed by atoms with Gasteiger partial charge >= 0.3 is 0 Å². The van der Waals surface area contributed by atoms with Crippen LogP contribution in [0.1, 0.15) is 33.1 Å². The molecular weight excluding hydrogens is 230 g/mol. The lowest BCUT2D eigenvalue weighted by atomic mass is 9.70. The lowest BCUT2D eigenvalue weighted by Gasteiger charge is -2.35. The minimum atomic E-state index is -4.08. The van der Waals surface area contributed by atoms with Gasteiger partial charge in [0.05, 0.1) is 11.2 Å². The summed E-state index contributed by atoms with van der Waals surface area (Å²) in [4.78, 5) is 11.9. The monoisotopic (exact) mass is 249 g/mol. The first-order valence-electron chi connectivity index (χ1n) is 5.17. The van der Waals surface area contributed by atoms with Gasteiger partial charge in [0.1, 0.15) is 5.78 Å². The van der Waals surface area contributed by atoms with Crippen molar-refractivity contribution in [2.45, 2.75) is 33.1 Å². The van der Waals surface area contributed by atoms with E-state index in [9.17, 15) is 13.2 Å². The first kappa shape index (κ1) is 13.6. The Morgan fingerprint density at radius 3 is 2.31 bits per heavy atom. The lowest BCUT2D eigenvalue weighted by molar-refractivity contribution is -0.128. The van der Waals surface area contributed by atoms with E-state index in [1.54, 1.807) is 0 Å². The highest BCUT2D eigenvalue weighted by molar-refractivity contribution is 7.85. The molecule has 2 bridgehead atoms. The van der Waals surface area contributed by atoms with E-state index in [2.05, 4.69) is 0 Å². The van der Waals surface area contributed by atoms with Crippen LogP contribution in [0.4, 0.5) is 0 Å². The summed E-state index contributed by atoms with van der Waals surface area (Å²) in [5.41, 5.74) is -1.12. The minimum Gasteiger partial charge on any atom is -0.344 e. The van der Waals surface area contributed by atoms with Crippen LogP contribution in [0.25, 0.3) is 0 Å². The molecule has 0 radical (unpaired) electrons. The molecule has 94 valence electrons. The molecule has 2 aliphatic carbocycles. The first-order valence-corrected chi connectivity index (χ1v) is 6.78. The Morgan fingerprint density at radius 2 is 2.00 bits per heavy atom. The predicted octanol–water partition coefficient (Wildman–Crippen LogP) is 1.43. The quantitative estimate of drug-likeness (QED) is 0.720. The third-order valence-corrected chi connectivity index (χ3v) is 5.43. The summed E-state index contributed by atoms with van der Waals surface area (Å²) in [5, 5.41) is 0. The maximum Gasteiger partial charge on any atom is 0.265 e. The van der Waals surface area contributed by atoms with Gasteiger partial charge in [-0.15, -0.1) is 0 Å². The molecule has 0 aliphatic heterocycles. The van der Waals surface area contributed by atoms with Crippen LogP contribution in [0.5, 0.6) is 0 Å². The Morgan fingerprint density at radius 1 is 1.44 bits per heavy atom. The normalized spacial score (nSPS) is 36.2. The van der Waals surface area contributed by atoms with Crippen LogP contribution in [0, 0.1) is 16.7 Å². The van der Waals surface area contributed by atoms with Crippen molar-refractivity contribution in [1.82, 2.24) is 6.15 Å². The van der Waals surface area contributed by atoms with Crippen molar-refractivity contribution in [1.29, 1.82) is 0 Å². The van der Waals surface area contributed by atoms with Gasteiger partial charge in [0.25, 0.3) is 10.1 Å². The van der Waals surface area contributed by atoms with Crippen molar-refractivity contribution < 1.29 is 17.8 Å². The molecule has 6 heteroatoms. The number of hydrogen-bond acceptors (Lipinski definition) is 4. The molecule has 5 nitrogen and oxygen atoms in total. The van der Waals surface area contributed by atoms with Gasteiger partial charge in [-0.3, -0.25) is 9.35 Å². The number of fused-ring (bicyclic) bond motifs is 2. The Bertz CT molecular complexity index is 415. The van der Waals surface area contributed by atoms with E-state index >= 15 is 0 Å². The van der Waals surface area contributed by atoms with Gasteiger partial charge in [0, 0.05) is 6.42 Å². The molecule has 2 rings (SSSR count). The highest BCUT2D eigenvalue weighted by Crippen LogP contribution is 2.64. The van der Waals surface area contributed by atoms with Crippen molar-refractivity contribution in [3.63, 3.8) is 0 Å². The zero-order chi connectivity index (χ0) is 11.5. The first-order chi connectivity index (χ1) is 6.69. The molecule has 0 saturated heterocycles.